The Hall–Kier alpha value is -2.50. The third-order valence-corrected chi connectivity index (χ3v) is 4.95. The smallest absolute Gasteiger partial charge is 0.309 e. The van der Waals surface area contributed by atoms with Crippen LogP contribution in [0.2, 0.25) is 0 Å². The monoisotopic (exact) mass is 345 g/mol. The number of furan rings is 2. The number of rotatable bonds is 4. The maximum Gasteiger partial charge on any atom is 0.309 e. The molecule has 0 aliphatic carbocycles. The minimum Gasteiger partial charge on any atom is -0.481 e. The van der Waals surface area contributed by atoms with E-state index in [1.54, 1.807) is 24.0 Å². The SMILES string of the molecule is Cc1ccc([C@@H]2[C@H](C(=O)O)CCC(=O)N2[C@H](C)c2cc(C)oc2C)o1. The number of hydrogen-bond donors (Lipinski definition) is 1. The zero-order chi connectivity index (χ0) is 18.3. The molecule has 0 spiro atoms. The standard InChI is InChI=1S/C19H23NO5/c1-10-5-7-16(25-10)18-14(19(22)23)6-8-17(21)20(18)12(3)15-9-11(2)24-13(15)4/h5,7,9,12,14,18H,6,8H2,1-4H3,(H,22,23)/t12-,14-,18+/m1/s1. The number of carboxylic acids is 1. The minimum absolute atomic E-state index is 0.0673. The summed E-state index contributed by atoms with van der Waals surface area (Å²) in [5.41, 5.74) is 0.894. The van der Waals surface area contributed by atoms with Crippen molar-refractivity contribution in [2.24, 2.45) is 5.92 Å². The third-order valence-electron chi connectivity index (χ3n) is 4.95. The van der Waals surface area contributed by atoms with E-state index in [1.165, 1.54) is 0 Å². The maximum atomic E-state index is 12.7. The van der Waals surface area contributed by atoms with Gasteiger partial charge in [0.05, 0.1) is 12.0 Å². The average molecular weight is 345 g/mol. The molecular formula is C19H23NO5. The van der Waals surface area contributed by atoms with Gasteiger partial charge in [-0.1, -0.05) is 0 Å². The Morgan fingerprint density at radius 3 is 2.48 bits per heavy atom. The van der Waals surface area contributed by atoms with E-state index in [9.17, 15) is 14.7 Å². The van der Waals surface area contributed by atoms with Gasteiger partial charge in [-0.3, -0.25) is 9.59 Å². The molecule has 2 aromatic rings. The summed E-state index contributed by atoms with van der Waals surface area (Å²) in [6.07, 6.45) is 0.526. The number of aryl methyl sites for hydroxylation is 3. The van der Waals surface area contributed by atoms with Crippen LogP contribution in [0.3, 0.4) is 0 Å². The molecule has 0 unspecified atom stereocenters. The molecule has 3 heterocycles. The first kappa shape index (κ1) is 17.3. The van der Waals surface area contributed by atoms with Crippen LogP contribution in [0.25, 0.3) is 0 Å². The molecule has 1 amide bonds. The van der Waals surface area contributed by atoms with Gasteiger partial charge in [-0.05, 0) is 52.3 Å². The first-order chi connectivity index (χ1) is 11.8. The molecule has 6 heteroatoms. The van der Waals surface area contributed by atoms with Crippen molar-refractivity contribution in [3.63, 3.8) is 0 Å². The van der Waals surface area contributed by atoms with E-state index in [2.05, 4.69) is 0 Å². The molecule has 2 aromatic heterocycles. The Bertz CT molecular complexity index is 803. The van der Waals surface area contributed by atoms with Crippen LogP contribution in [0.4, 0.5) is 0 Å². The van der Waals surface area contributed by atoms with Gasteiger partial charge in [-0.25, -0.2) is 0 Å². The highest BCUT2D eigenvalue weighted by atomic mass is 16.4. The van der Waals surface area contributed by atoms with Crippen molar-refractivity contribution in [1.29, 1.82) is 0 Å². The van der Waals surface area contributed by atoms with Gasteiger partial charge in [0, 0.05) is 12.0 Å². The van der Waals surface area contributed by atoms with Crippen LogP contribution in [0, 0.1) is 26.7 Å². The van der Waals surface area contributed by atoms with Gasteiger partial charge in [0.15, 0.2) is 0 Å². The molecule has 0 radical (unpaired) electrons. The largest absolute Gasteiger partial charge is 0.481 e. The van der Waals surface area contributed by atoms with E-state index in [1.807, 2.05) is 26.8 Å². The second-order valence-corrected chi connectivity index (χ2v) is 6.72. The zero-order valence-corrected chi connectivity index (χ0v) is 14.9. The van der Waals surface area contributed by atoms with Crippen LogP contribution >= 0.6 is 0 Å². The summed E-state index contributed by atoms with van der Waals surface area (Å²) < 4.78 is 11.3. The second kappa shape index (κ2) is 6.43. The molecule has 1 aliphatic rings. The lowest BCUT2D eigenvalue weighted by Gasteiger charge is -2.41. The highest BCUT2D eigenvalue weighted by Crippen LogP contribution is 2.43. The summed E-state index contributed by atoms with van der Waals surface area (Å²) in [6.45, 7) is 7.42. The number of aliphatic carboxylic acids is 1. The molecule has 3 rings (SSSR count). The molecule has 25 heavy (non-hydrogen) atoms. The quantitative estimate of drug-likeness (QED) is 0.908. The summed E-state index contributed by atoms with van der Waals surface area (Å²) in [4.78, 5) is 26.2. The van der Waals surface area contributed by atoms with Gasteiger partial charge >= 0.3 is 5.97 Å². The maximum absolute atomic E-state index is 12.7. The second-order valence-electron chi connectivity index (χ2n) is 6.72. The van der Waals surface area contributed by atoms with Crippen molar-refractivity contribution in [3.8, 4) is 0 Å². The van der Waals surface area contributed by atoms with Crippen molar-refractivity contribution >= 4 is 11.9 Å². The number of hydrogen-bond acceptors (Lipinski definition) is 4. The predicted molar refractivity (Wildman–Crippen MR) is 90.0 cm³/mol. The van der Waals surface area contributed by atoms with E-state index < -0.39 is 17.9 Å². The van der Waals surface area contributed by atoms with Crippen LogP contribution < -0.4 is 0 Å². The number of carbonyl (C=O) groups is 2. The molecule has 3 atom stereocenters. The van der Waals surface area contributed by atoms with E-state index in [0.29, 0.717) is 17.9 Å². The van der Waals surface area contributed by atoms with Crippen molar-refractivity contribution in [2.75, 3.05) is 0 Å². The van der Waals surface area contributed by atoms with Gasteiger partial charge in [0.2, 0.25) is 5.91 Å². The number of amides is 1. The highest BCUT2D eigenvalue weighted by Gasteiger charge is 2.45. The topological polar surface area (TPSA) is 83.9 Å². The number of piperidine rings is 1. The first-order valence-electron chi connectivity index (χ1n) is 8.46. The fourth-order valence-corrected chi connectivity index (χ4v) is 3.79. The molecule has 1 saturated heterocycles. The molecule has 0 bridgehead atoms. The average Bonchev–Trinajstić information content (AvgIpc) is 3.11. The Labute approximate surface area is 146 Å². The van der Waals surface area contributed by atoms with Crippen molar-refractivity contribution < 1.29 is 23.5 Å². The van der Waals surface area contributed by atoms with Gasteiger partial charge < -0.3 is 18.8 Å². The van der Waals surface area contributed by atoms with Gasteiger partial charge in [-0.15, -0.1) is 0 Å². The summed E-state index contributed by atoms with van der Waals surface area (Å²) >= 11 is 0. The lowest BCUT2D eigenvalue weighted by molar-refractivity contribution is -0.155. The van der Waals surface area contributed by atoms with Crippen molar-refractivity contribution in [3.05, 3.63) is 46.8 Å². The lowest BCUT2D eigenvalue weighted by atomic mass is 9.85. The molecule has 1 N–H and O–H groups in total. The zero-order valence-electron chi connectivity index (χ0n) is 14.9. The molecule has 134 valence electrons. The van der Waals surface area contributed by atoms with E-state index in [0.717, 1.165) is 17.1 Å². The predicted octanol–water partition coefficient (Wildman–Crippen LogP) is 3.92. The number of carbonyl (C=O) groups excluding carboxylic acids is 1. The van der Waals surface area contributed by atoms with Crippen LogP contribution in [0.1, 0.15) is 60.5 Å². The Morgan fingerprint density at radius 1 is 1.24 bits per heavy atom. The number of carboxylic acid groups (broad SMARTS) is 1. The number of likely N-dealkylation sites (tertiary alicyclic amines) is 1. The molecule has 0 saturated carbocycles. The number of nitrogens with zero attached hydrogens (tertiary/aromatic N) is 1. The summed E-state index contributed by atoms with van der Waals surface area (Å²) in [7, 11) is 0. The van der Waals surface area contributed by atoms with E-state index >= 15 is 0 Å². The van der Waals surface area contributed by atoms with Crippen LogP contribution in [0.5, 0.6) is 0 Å². The fourth-order valence-electron chi connectivity index (χ4n) is 3.79. The van der Waals surface area contributed by atoms with E-state index in [-0.39, 0.29) is 18.4 Å². The van der Waals surface area contributed by atoms with Gasteiger partial charge in [0.1, 0.15) is 29.1 Å². The Kier molecular flexibility index (Phi) is 4.45. The summed E-state index contributed by atoms with van der Waals surface area (Å²) in [5, 5.41) is 9.69. The van der Waals surface area contributed by atoms with Crippen molar-refractivity contribution in [2.45, 2.75) is 52.6 Å². The fraction of sp³-hybridized carbons (Fsp3) is 0.474. The normalized spacial score (nSPS) is 22.2. The third kappa shape index (κ3) is 3.08. The highest BCUT2D eigenvalue weighted by molar-refractivity contribution is 5.82. The molecule has 1 fully saturated rings. The van der Waals surface area contributed by atoms with Crippen LogP contribution in [0.15, 0.2) is 27.0 Å². The molecule has 6 nitrogen and oxygen atoms in total. The minimum atomic E-state index is -0.913. The summed E-state index contributed by atoms with van der Waals surface area (Å²) in [5.74, 6) is 1.04. The van der Waals surface area contributed by atoms with Gasteiger partial charge in [0.25, 0.3) is 0 Å². The lowest BCUT2D eigenvalue weighted by Crippen LogP contribution is -2.46. The Balaban J connectivity index is 2.07. The summed E-state index contributed by atoms with van der Waals surface area (Å²) in [6, 6.07) is 4.53. The molecular weight excluding hydrogens is 322 g/mol. The van der Waals surface area contributed by atoms with E-state index in [4.69, 9.17) is 8.83 Å². The first-order valence-corrected chi connectivity index (χ1v) is 8.46. The molecule has 1 aliphatic heterocycles. The van der Waals surface area contributed by atoms with Crippen molar-refractivity contribution in [1.82, 2.24) is 4.90 Å². The van der Waals surface area contributed by atoms with Crippen LogP contribution in [-0.4, -0.2) is 21.9 Å². The Morgan fingerprint density at radius 2 is 1.96 bits per heavy atom. The van der Waals surface area contributed by atoms with Gasteiger partial charge in [-0.2, -0.15) is 0 Å². The molecule has 0 aromatic carbocycles. The van der Waals surface area contributed by atoms with Crippen LogP contribution in [-0.2, 0) is 9.59 Å².